The summed E-state index contributed by atoms with van der Waals surface area (Å²) < 4.78 is 0. The Morgan fingerprint density at radius 2 is 1.27 bits per heavy atom. The van der Waals surface area contributed by atoms with Crippen molar-refractivity contribution in [3.63, 3.8) is 0 Å². The van der Waals surface area contributed by atoms with Crippen LogP contribution in [0, 0.1) is 0 Å². The lowest BCUT2D eigenvalue weighted by molar-refractivity contribution is 0.302. The van der Waals surface area contributed by atoms with Crippen molar-refractivity contribution in [3.05, 3.63) is 24.3 Å². The maximum atomic E-state index is 8.55. The van der Waals surface area contributed by atoms with Crippen LogP contribution >= 0.6 is 0 Å². The summed E-state index contributed by atoms with van der Waals surface area (Å²) in [5.41, 5.74) is 0. The molecule has 0 aromatic carbocycles. The van der Waals surface area contributed by atoms with Crippen molar-refractivity contribution >= 4 is 0 Å². The summed E-state index contributed by atoms with van der Waals surface area (Å²) in [4.78, 5) is 0. The first-order valence-corrected chi connectivity index (χ1v) is 6.32. The highest BCUT2D eigenvalue weighted by atomic mass is 16.2. The van der Waals surface area contributed by atoms with Crippen molar-refractivity contribution in [1.29, 1.82) is 0 Å². The number of allylic oxidation sites excluding steroid dienone is 3. The van der Waals surface area contributed by atoms with Gasteiger partial charge in [-0.3, -0.25) is 0 Å². The molecule has 0 aromatic rings. The number of hydrogen-bond donors (Lipinski definition) is 1. The van der Waals surface area contributed by atoms with Crippen molar-refractivity contribution in [1.82, 2.24) is 0 Å². The van der Waals surface area contributed by atoms with E-state index in [-0.39, 0.29) is 6.61 Å². The van der Waals surface area contributed by atoms with Crippen LogP contribution in [0.25, 0.3) is 0 Å². The summed E-state index contributed by atoms with van der Waals surface area (Å²) in [6.07, 6.45) is 18.4. The zero-order valence-electron chi connectivity index (χ0n) is 10.1. The summed E-state index contributed by atoms with van der Waals surface area (Å²) in [7, 11) is 0. The molecule has 15 heavy (non-hydrogen) atoms. The second-order valence-electron chi connectivity index (χ2n) is 3.88. The quantitative estimate of drug-likeness (QED) is 0.422. The summed E-state index contributed by atoms with van der Waals surface area (Å²) in [6.45, 7) is 2.51. The molecule has 0 amide bonds. The Balaban J connectivity index is 3.09. The summed E-state index contributed by atoms with van der Waals surface area (Å²) in [5, 5.41) is 8.55. The third-order valence-electron chi connectivity index (χ3n) is 2.35. The van der Waals surface area contributed by atoms with E-state index in [2.05, 4.69) is 31.2 Å². The Bertz CT molecular complexity index is 159. The second kappa shape index (κ2) is 13.4. The van der Waals surface area contributed by atoms with E-state index < -0.39 is 0 Å². The van der Waals surface area contributed by atoms with Gasteiger partial charge in [0.05, 0.1) is 0 Å². The standard InChI is InChI=1S/C14H26O/c1-2-3-4-5-6-7-8-9-10-11-12-13-14-15/h6-7,11-12,15H,2-5,8-10,13-14H2,1H3/b7-6+,12-11+. The molecule has 0 radical (unpaired) electrons. The van der Waals surface area contributed by atoms with Crippen molar-refractivity contribution in [2.24, 2.45) is 0 Å². The number of hydrogen-bond acceptors (Lipinski definition) is 1. The van der Waals surface area contributed by atoms with Gasteiger partial charge >= 0.3 is 0 Å². The first-order valence-electron chi connectivity index (χ1n) is 6.32. The fourth-order valence-electron chi connectivity index (χ4n) is 1.41. The van der Waals surface area contributed by atoms with Crippen LogP contribution < -0.4 is 0 Å². The van der Waals surface area contributed by atoms with E-state index in [0.29, 0.717) is 0 Å². The van der Waals surface area contributed by atoms with Crippen LogP contribution in [-0.4, -0.2) is 11.7 Å². The van der Waals surface area contributed by atoms with Crippen molar-refractivity contribution in [2.75, 3.05) is 6.61 Å². The third-order valence-corrected chi connectivity index (χ3v) is 2.35. The van der Waals surface area contributed by atoms with Crippen LogP contribution in [0.15, 0.2) is 24.3 Å². The molecule has 1 N–H and O–H groups in total. The van der Waals surface area contributed by atoms with Gasteiger partial charge in [-0.2, -0.15) is 0 Å². The molecule has 0 aliphatic rings. The van der Waals surface area contributed by atoms with Gasteiger partial charge in [0.1, 0.15) is 0 Å². The third kappa shape index (κ3) is 13.4. The molecule has 1 nitrogen and oxygen atoms in total. The van der Waals surface area contributed by atoms with Crippen LogP contribution in [-0.2, 0) is 0 Å². The first-order chi connectivity index (χ1) is 7.41. The highest BCUT2D eigenvalue weighted by Crippen LogP contribution is 2.03. The smallest absolute Gasteiger partial charge is 0.0465 e. The molecule has 0 fully saturated rings. The monoisotopic (exact) mass is 210 g/mol. The molecule has 0 bridgehead atoms. The predicted octanol–water partition coefficient (Wildman–Crippen LogP) is 4.23. The van der Waals surface area contributed by atoms with Gasteiger partial charge in [-0.15, -0.1) is 0 Å². The van der Waals surface area contributed by atoms with Gasteiger partial charge in [-0.1, -0.05) is 44.1 Å². The Morgan fingerprint density at radius 3 is 1.80 bits per heavy atom. The normalized spacial score (nSPS) is 11.9. The van der Waals surface area contributed by atoms with Gasteiger partial charge in [0.15, 0.2) is 0 Å². The number of unbranched alkanes of at least 4 members (excludes halogenated alkanes) is 5. The number of aliphatic hydroxyl groups is 1. The van der Waals surface area contributed by atoms with E-state index in [4.69, 9.17) is 5.11 Å². The van der Waals surface area contributed by atoms with E-state index in [1.54, 1.807) is 0 Å². The molecule has 0 saturated heterocycles. The molecule has 0 unspecified atom stereocenters. The van der Waals surface area contributed by atoms with E-state index >= 15 is 0 Å². The lowest BCUT2D eigenvalue weighted by atomic mass is 10.1. The molecular formula is C14H26O. The van der Waals surface area contributed by atoms with Crippen LogP contribution in [0.4, 0.5) is 0 Å². The molecule has 0 aliphatic carbocycles. The zero-order valence-corrected chi connectivity index (χ0v) is 10.1. The lowest BCUT2D eigenvalue weighted by Crippen LogP contribution is -1.76. The van der Waals surface area contributed by atoms with E-state index in [1.165, 1.54) is 38.5 Å². The number of aliphatic hydroxyl groups excluding tert-OH is 1. The minimum Gasteiger partial charge on any atom is -0.396 e. The predicted molar refractivity (Wildman–Crippen MR) is 68.0 cm³/mol. The van der Waals surface area contributed by atoms with Crippen LogP contribution in [0.1, 0.15) is 58.3 Å². The molecule has 0 atom stereocenters. The zero-order chi connectivity index (χ0) is 11.2. The molecule has 0 aliphatic heterocycles. The molecule has 0 rings (SSSR count). The maximum Gasteiger partial charge on any atom is 0.0465 e. The largest absolute Gasteiger partial charge is 0.396 e. The average molecular weight is 210 g/mol. The van der Waals surface area contributed by atoms with Crippen molar-refractivity contribution in [3.8, 4) is 0 Å². The SMILES string of the molecule is CCCCC/C=C/CCC/C=C/CCO. The van der Waals surface area contributed by atoms with Gasteiger partial charge in [0.2, 0.25) is 0 Å². The Labute approximate surface area is 94.9 Å². The molecule has 1 heteroatoms. The van der Waals surface area contributed by atoms with E-state index in [9.17, 15) is 0 Å². The molecule has 0 spiro atoms. The molecule has 0 saturated carbocycles. The Hall–Kier alpha value is -0.560. The molecule has 0 aromatic heterocycles. The van der Waals surface area contributed by atoms with Gasteiger partial charge in [0, 0.05) is 6.61 Å². The molecular weight excluding hydrogens is 184 g/mol. The van der Waals surface area contributed by atoms with Crippen molar-refractivity contribution in [2.45, 2.75) is 58.3 Å². The maximum absolute atomic E-state index is 8.55. The summed E-state index contributed by atoms with van der Waals surface area (Å²) in [6, 6.07) is 0. The minimum absolute atomic E-state index is 0.272. The highest BCUT2D eigenvalue weighted by molar-refractivity contribution is 4.85. The van der Waals surface area contributed by atoms with Crippen molar-refractivity contribution < 1.29 is 5.11 Å². The highest BCUT2D eigenvalue weighted by Gasteiger charge is 1.83. The van der Waals surface area contributed by atoms with Gasteiger partial charge in [-0.05, 0) is 38.5 Å². The number of rotatable bonds is 10. The second-order valence-corrected chi connectivity index (χ2v) is 3.88. The molecule has 88 valence electrons. The minimum atomic E-state index is 0.272. The Morgan fingerprint density at radius 1 is 0.733 bits per heavy atom. The van der Waals surface area contributed by atoms with E-state index in [1.807, 2.05) is 0 Å². The van der Waals surface area contributed by atoms with Crippen LogP contribution in [0.2, 0.25) is 0 Å². The van der Waals surface area contributed by atoms with Gasteiger partial charge in [-0.25, -0.2) is 0 Å². The van der Waals surface area contributed by atoms with Gasteiger partial charge < -0.3 is 5.11 Å². The fraction of sp³-hybridized carbons (Fsp3) is 0.714. The summed E-state index contributed by atoms with van der Waals surface area (Å²) in [5.74, 6) is 0. The van der Waals surface area contributed by atoms with Gasteiger partial charge in [0.25, 0.3) is 0 Å². The average Bonchev–Trinajstić information content (AvgIpc) is 2.26. The fourth-order valence-corrected chi connectivity index (χ4v) is 1.41. The first kappa shape index (κ1) is 14.4. The molecule has 0 heterocycles. The lowest BCUT2D eigenvalue weighted by Gasteiger charge is -1.93. The topological polar surface area (TPSA) is 20.2 Å². The van der Waals surface area contributed by atoms with E-state index in [0.717, 1.165) is 12.8 Å². The summed E-state index contributed by atoms with van der Waals surface area (Å²) >= 11 is 0. The Kier molecular flexibility index (Phi) is 12.9. The van der Waals surface area contributed by atoms with Crippen LogP contribution in [0.5, 0.6) is 0 Å². The van der Waals surface area contributed by atoms with Crippen LogP contribution in [0.3, 0.4) is 0 Å².